The first kappa shape index (κ1) is 8.45. The van der Waals surface area contributed by atoms with Crippen LogP contribution in [-0.4, -0.2) is 18.9 Å². The number of hydrogen-bond acceptors (Lipinski definition) is 2. The van der Waals surface area contributed by atoms with Crippen LogP contribution in [0.4, 0.5) is 0 Å². The molecule has 0 radical (unpaired) electrons. The van der Waals surface area contributed by atoms with Crippen LogP contribution in [0.25, 0.3) is 0 Å². The van der Waals surface area contributed by atoms with Crippen LogP contribution in [0, 0.1) is 5.92 Å². The Morgan fingerprint density at radius 1 is 1.30 bits per heavy atom. The molecule has 0 aromatic rings. The molecule has 0 aromatic heterocycles. The Labute approximate surface area is 63.8 Å². The number of hydrogen-bond donors (Lipinski definition) is 0. The maximum atomic E-state index is 5.49. The van der Waals surface area contributed by atoms with E-state index < -0.39 is 8.38 Å². The molecule has 0 unspecified atom stereocenters. The Morgan fingerprint density at radius 2 is 1.80 bits per heavy atom. The smallest absolute Gasteiger partial charge is 0.173 e. The molecule has 0 N–H and O–H groups in total. The maximum Gasteiger partial charge on any atom is 0.173 e. The highest BCUT2D eigenvalue weighted by molar-refractivity contribution is 7.48. The van der Waals surface area contributed by atoms with Crippen molar-refractivity contribution in [3.05, 3.63) is 0 Å². The van der Waals surface area contributed by atoms with Crippen LogP contribution < -0.4 is 0 Å². The molecule has 60 valence electrons. The molecule has 0 aliphatic carbocycles. The zero-order valence-corrected chi connectivity index (χ0v) is 7.73. The number of rotatable bonds is 1. The third kappa shape index (κ3) is 2.19. The molecule has 0 amide bonds. The van der Waals surface area contributed by atoms with Crippen LogP contribution in [0.2, 0.25) is 0 Å². The van der Waals surface area contributed by atoms with Crippen LogP contribution in [0.1, 0.15) is 20.8 Å². The van der Waals surface area contributed by atoms with Crippen molar-refractivity contribution in [1.29, 1.82) is 0 Å². The van der Waals surface area contributed by atoms with Gasteiger partial charge in [-0.25, -0.2) is 0 Å². The lowest BCUT2D eigenvalue weighted by molar-refractivity contribution is 0.127. The Bertz CT molecular complexity index is 97.8. The zero-order chi connectivity index (χ0) is 7.56. The van der Waals surface area contributed by atoms with E-state index in [1.807, 2.05) is 0 Å². The lowest BCUT2D eigenvalue weighted by Gasteiger charge is -2.28. The average molecular weight is 162 g/mol. The second kappa shape index (κ2) is 3.66. The highest BCUT2D eigenvalue weighted by Gasteiger charge is 2.22. The van der Waals surface area contributed by atoms with Gasteiger partial charge in [0, 0.05) is 11.6 Å². The molecule has 10 heavy (non-hydrogen) atoms. The van der Waals surface area contributed by atoms with Gasteiger partial charge in [-0.1, -0.05) is 20.8 Å². The van der Waals surface area contributed by atoms with Gasteiger partial charge in [0.05, 0.1) is 13.2 Å². The second-order valence-corrected chi connectivity index (χ2v) is 5.20. The van der Waals surface area contributed by atoms with E-state index in [0.29, 0.717) is 11.6 Å². The average Bonchev–Trinajstić information content (AvgIpc) is 1.88. The molecular weight excluding hydrogens is 147 g/mol. The van der Waals surface area contributed by atoms with Crippen LogP contribution >= 0.6 is 8.38 Å². The molecule has 0 spiro atoms. The highest BCUT2D eigenvalue weighted by Crippen LogP contribution is 2.46. The summed E-state index contributed by atoms with van der Waals surface area (Å²) in [5.41, 5.74) is 0.544. The summed E-state index contributed by atoms with van der Waals surface area (Å²) in [4.78, 5) is 0. The van der Waals surface area contributed by atoms with Crippen LogP contribution in [-0.2, 0) is 9.05 Å². The molecule has 1 aliphatic heterocycles. The Morgan fingerprint density at radius 3 is 2.20 bits per heavy atom. The molecule has 0 atom stereocenters. The second-order valence-electron chi connectivity index (χ2n) is 3.08. The van der Waals surface area contributed by atoms with E-state index >= 15 is 0 Å². The molecule has 1 rings (SSSR count). The summed E-state index contributed by atoms with van der Waals surface area (Å²) >= 11 is 0. The monoisotopic (exact) mass is 162 g/mol. The fourth-order valence-electron chi connectivity index (χ4n) is 0.785. The van der Waals surface area contributed by atoms with Crippen LogP contribution in [0.3, 0.4) is 0 Å². The van der Waals surface area contributed by atoms with Crippen molar-refractivity contribution in [2.75, 3.05) is 13.2 Å². The third-order valence-corrected chi connectivity index (χ3v) is 3.04. The molecule has 2 nitrogen and oxygen atoms in total. The minimum absolute atomic E-state index is 0.544. The van der Waals surface area contributed by atoms with E-state index in [9.17, 15) is 0 Å². The molecule has 0 aromatic carbocycles. The van der Waals surface area contributed by atoms with E-state index in [1.54, 1.807) is 0 Å². The molecule has 0 bridgehead atoms. The minimum Gasteiger partial charge on any atom is -0.334 e. The van der Waals surface area contributed by atoms with Gasteiger partial charge in [0.25, 0.3) is 0 Å². The van der Waals surface area contributed by atoms with Crippen molar-refractivity contribution in [2.45, 2.75) is 26.4 Å². The van der Waals surface area contributed by atoms with Gasteiger partial charge < -0.3 is 9.05 Å². The molecule has 1 saturated heterocycles. The van der Waals surface area contributed by atoms with Crippen molar-refractivity contribution in [3.63, 3.8) is 0 Å². The van der Waals surface area contributed by atoms with Gasteiger partial charge in [-0.3, -0.25) is 0 Å². The molecule has 1 heterocycles. The topological polar surface area (TPSA) is 18.5 Å². The molecular formula is C7H15O2P. The van der Waals surface area contributed by atoms with E-state index in [2.05, 4.69) is 20.8 Å². The van der Waals surface area contributed by atoms with Gasteiger partial charge in [-0.05, 0) is 0 Å². The van der Waals surface area contributed by atoms with E-state index in [0.717, 1.165) is 13.2 Å². The first-order valence-electron chi connectivity index (χ1n) is 3.75. The fraction of sp³-hybridized carbons (Fsp3) is 1.00. The van der Waals surface area contributed by atoms with Crippen molar-refractivity contribution in [1.82, 2.24) is 0 Å². The first-order chi connectivity index (χ1) is 4.70. The Kier molecular flexibility index (Phi) is 3.09. The summed E-state index contributed by atoms with van der Waals surface area (Å²) in [5, 5.41) is 0. The Hall–Kier alpha value is 0.350. The van der Waals surface area contributed by atoms with Crippen molar-refractivity contribution < 1.29 is 9.05 Å². The van der Waals surface area contributed by atoms with Gasteiger partial charge in [-0.2, -0.15) is 0 Å². The normalized spacial score (nSPS) is 34.8. The SMILES string of the molecule is CC1COP(C(C)C)OC1. The van der Waals surface area contributed by atoms with Crippen molar-refractivity contribution in [2.24, 2.45) is 5.92 Å². The predicted octanol–water partition coefficient (Wildman–Crippen LogP) is 2.39. The summed E-state index contributed by atoms with van der Waals surface area (Å²) in [6, 6.07) is 0. The van der Waals surface area contributed by atoms with Gasteiger partial charge in [0.1, 0.15) is 0 Å². The van der Waals surface area contributed by atoms with E-state index in [1.165, 1.54) is 0 Å². The summed E-state index contributed by atoms with van der Waals surface area (Å²) < 4.78 is 11.0. The molecule has 0 saturated carbocycles. The molecule has 1 aliphatic rings. The summed E-state index contributed by atoms with van der Waals surface area (Å²) in [6.45, 7) is 8.18. The standard InChI is InChI=1S/C7H15O2P/c1-6(2)10-8-4-7(3)5-9-10/h6-7H,4-5H2,1-3H3. The van der Waals surface area contributed by atoms with Crippen LogP contribution in [0.5, 0.6) is 0 Å². The summed E-state index contributed by atoms with van der Waals surface area (Å²) in [5.74, 6) is 0.581. The zero-order valence-electron chi connectivity index (χ0n) is 6.83. The summed E-state index contributed by atoms with van der Waals surface area (Å²) in [6.07, 6.45) is 0. The van der Waals surface area contributed by atoms with Gasteiger partial charge in [-0.15, -0.1) is 0 Å². The van der Waals surface area contributed by atoms with E-state index in [-0.39, 0.29) is 0 Å². The lowest BCUT2D eigenvalue weighted by atomic mass is 10.2. The fourth-order valence-corrected chi connectivity index (χ4v) is 2.26. The Balaban J connectivity index is 2.26. The minimum atomic E-state index is -0.557. The van der Waals surface area contributed by atoms with Crippen molar-refractivity contribution in [3.8, 4) is 0 Å². The molecule has 1 fully saturated rings. The molecule has 3 heteroatoms. The quantitative estimate of drug-likeness (QED) is 0.551. The largest absolute Gasteiger partial charge is 0.334 e. The van der Waals surface area contributed by atoms with Gasteiger partial charge >= 0.3 is 0 Å². The van der Waals surface area contributed by atoms with E-state index in [4.69, 9.17) is 9.05 Å². The maximum absolute atomic E-state index is 5.49. The van der Waals surface area contributed by atoms with Crippen LogP contribution in [0.15, 0.2) is 0 Å². The van der Waals surface area contributed by atoms with Gasteiger partial charge in [0.2, 0.25) is 0 Å². The van der Waals surface area contributed by atoms with Crippen molar-refractivity contribution >= 4 is 8.38 Å². The predicted molar refractivity (Wildman–Crippen MR) is 43.1 cm³/mol. The van der Waals surface area contributed by atoms with Gasteiger partial charge in [0.15, 0.2) is 8.38 Å². The highest BCUT2D eigenvalue weighted by atomic mass is 31.2. The first-order valence-corrected chi connectivity index (χ1v) is 5.00. The summed E-state index contributed by atoms with van der Waals surface area (Å²) in [7, 11) is -0.557. The third-order valence-electron chi connectivity index (χ3n) is 1.39. The lowest BCUT2D eigenvalue weighted by Crippen LogP contribution is -2.18.